The van der Waals surface area contributed by atoms with Crippen LogP contribution in [0.1, 0.15) is 0 Å². The summed E-state index contributed by atoms with van der Waals surface area (Å²) in [6.07, 6.45) is -29.0. The second-order valence-electron chi connectivity index (χ2n) is 3.40. The van der Waals surface area contributed by atoms with E-state index in [2.05, 4.69) is 0 Å². The molecule has 0 aromatic heterocycles. The summed E-state index contributed by atoms with van der Waals surface area (Å²) in [5.74, 6) is -9.84. The van der Waals surface area contributed by atoms with Gasteiger partial charge in [0.2, 0.25) is 0 Å². The van der Waals surface area contributed by atoms with E-state index in [0.717, 1.165) is 0 Å². The van der Waals surface area contributed by atoms with Gasteiger partial charge in [-0.2, -0.15) is 52.7 Å². The third-order valence-corrected chi connectivity index (χ3v) is 2.05. The lowest BCUT2D eigenvalue weighted by Crippen LogP contribution is -2.66. The van der Waals surface area contributed by atoms with Gasteiger partial charge in [0.05, 0.1) is 0 Å². The molecular weight excluding hydrogens is 344 g/mol. The molecule has 0 aliphatic carbocycles. The Hall–Kier alpha value is -1.50. The summed E-state index contributed by atoms with van der Waals surface area (Å²) in [7, 11) is 0. The van der Waals surface area contributed by atoms with Gasteiger partial charge in [-0.1, -0.05) is 0 Å². The first-order valence-electron chi connectivity index (χ1n) is 4.18. The molecule has 0 aromatic rings. The van der Waals surface area contributed by atoms with E-state index in [1.807, 2.05) is 0 Å². The molecule has 0 bridgehead atoms. The average Bonchev–Trinajstić information content (AvgIpc) is 2.10. The quantitative estimate of drug-likeness (QED) is 0.569. The third kappa shape index (κ3) is 3.07. The highest BCUT2D eigenvalue weighted by atomic mass is 19.4. The number of carbonyl (C=O) groups is 2. The molecule has 0 rings (SSSR count). The second kappa shape index (κ2) is 4.76. The van der Waals surface area contributed by atoms with Gasteiger partial charge in [-0.05, 0) is 0 Å². The van der Waals surface area contributed by atoms with Gasteiger partial charge in [-0.15, -0.1) is 0 Å². The van der Waals surface area contributed by atoms with Crippen molar-refractivity contribution >= 4 is 11.6 Å². The molecule has 0 atom stereocenters. The van der Waals surface area contributed by atoms with Gasteiger partial charge >= 0.3 is 24.7 Å². The number of hydrogen-bond acceptors (Lipinski definition) is 2. The molecule has 0 heterocycles. The summed E-state index contributed by atoms with van der Waals surface area (Å²) < 4.78 is 145. The Morgan fingerprint density at radius 1 is 0.476 bits per heavy atom. The van der Waals surface area contributed by atoms with E-state index in [-0.39, 0.29) is 0 Å². The molecule has 0 unspecified atom stereocenters. The molecule has 0 spiro atoms. The number of halogens is 12. The van der Waals surface area contributed by atoms with E-state index in [4.69, 9.17) is 0 Å². The average molecular weight is 344 g/mol. The summed E-state index contributed by atoms with van der Waals surface area (Å²) in [5.41, 5.74) is -7.27. The zero-order chi connectivity index (χ0) is 17.7. The number of Topliss-reactive ketones (excluding diaryl/α,β-unsaturated/α-hetero) is 2. The highest BCUT2D eigenvalue weighted by Gasteiger charge is 2.86. The van der Waals surface area contributed by atoms with Crippen LogP contribution in [0.2, 0.25) is 0 Å². The van der Waals surface area contributed by atoms with Crippen LogP contribution in [0.4, 0.5) is 52.7 Å². The Morgan fingerprint density at radius 3 is 0.762 bits per heavy atom. The van der Waals surface area contributed by atoms with Crippen LogP contribution in [0.15, 0.2) is 0 Å². The summed E-state index contributed by atoms with van der Waals surface area (Å²) in [6, 6.07) is 0. The van der Waals surface area contributed by atoms with Crippen molar-refractivity contribution in [3.63, 3.8) is 0 Å². The van der Waals surface area contributed by atoms with E-state index < -0.39 is 41.7 Å². The van der Waals surface area contributed by atoms with Gasteiger partial charge in [0.25, 0.3) is 17.0 Å². The van der Waals surface area contributed by atoms with Gasteiger partial charge in [0.1, 0.15) is 0 Å². The Balaban J connectivity index is 6.76. The molecule has 0 saturated heterocycles. The van der Waals surface area contributed by atoms with Crippen molar-refractivity contribution in [1.29, 1.82) is 0 Å². The molecule has 0 aromatic carbocycles. The fourth-order valence-corrected chi connectivity index (χ4v) is 1.20. The van der Waals surface area contributed by atoms with Crippen LogP contribution in [0.3, 0.4) is 0 Å². The van der Waals surface area contributed by atoms with E-state index in [9.17, 15) is 62.3 Å². The minimum absolute atomic E-state index is 4.92. The number of hydrogen-bond donors (Lipinski definition) is 0. The molecule has 0 fully saturated rings. The van der Waals surface area contributed by atoms with E-state index in [0.29, 0.717) is 0 Å². The van der Waals surface area contributed by atoms with Crippen molar-refractivity contribution < 1.29 is 62.3 Å². The smallest absolute Gasteiger partial charge is 0.288 e. The second-order valence-corrected chi connectivity index (χ2v) is 3.40. The third-order valence-electron chi connectivity index (χ3n) is 2.05. The first-order valence-corrected chi connectivity index (χ1v) is 4.18. The van der Waals surface area contributed by atoms with Gasteiger partial charge < -0.3 is 0 Å². The molecule has 0 radical (unpaired) electrons. The molecule has 21 heavy (non-hydrogen) atoms. The van der Waals surface area contributed by atoms with Crippen molar-refractivity contribution in [2.24, 2.45) is 5.41 Å². The van der Waals surface area contributed by atoms with Crippen LogP contribution in [0.25, 0.3) is 0 Å². The molecular formula is C7F12O2. The van der Waals surface area contributed by atoms with Crippen LogP contribution in [0.5, 0.6) is 0 Å². The van der Waals surface area contributed by atoms with Crippen molar-refractivity contribution in [3.8, 4) is 0 Å². The lowest BCUT2D eigenvalue weighted by molar-refractivity contribution is -0.328. The Bertz CT molecular complexity index is 390. The first kappa shape index (κ1) is 19.5. The molecule has 0 aliphatic rings. The van der Waals surface area contributed by atoms with Crippen molar-refractivity contribution in [1.82, 2.24) is 0 Å². The van der Waals surface area contributed by atoms with E-state index in [1.165, 1.54) is 0 Å². The Kier molecular flexibility index (Phi) is 4.42. The molecule has 0 aliphatic heterocycles. The number of rotatable bonds is 2. The maximum absolute atomic E-state index is 12.3. The zero-order valence-corrected chi connectivity index (χ0v) is 8.85. The maximum atomic E-state index is 12.3. The minimum Gasteiger partial charge on any atom is -0.288 e. The largest absolute Gasteiger partial charge is 0.451 e. The fourth-order valence-electron chi connectivity index (χ4n) is 1.20. The van der Waals surface area contributed by atoms with Gasteiger partial charge in [0.15, 0.2) is 0 Å². The molecule has 0 N–H and O–H groups in total. The standard InChI is InChI=1S/C7F12O2/c8-4(9,10)1(20)3(6(14,15)16,7(17,18)19)2(21)5(11,12)13. The molecule has 0 saturated carbocycles. The fraction of sp³-hybridized carbons (Fsp3) is 0.714. The van der Waals surface area contributed by atoms with Crippen molar-refractivity contribution in [3.05, 3.63) is 0 Å². The van der Waals surface area contributed by atoms with Crippen molar-refractivity contribution in [2.45, 2.75) is 24.7 Å². The number of ketones is 2. The predicted molar refractivity (Wildman–Crippen MR) is 36.7 cm³/mol. The summed E-state index contributed by atoms with van der Waals surface area (Å²) in [6.45, 7) is 0. The minimum atomic E-state index is -7.51. The van der Waals surface area contributed by atoms with Crippen LogP contribution in [-0.4, -0.2) is 36.3 Å². The van der Waals surface area contributed by atoms with Gasteiger partial charge in [0, 0.05) is 0 Å². The predicted octanol–water partition coefficient (Wildman–Crippen LogP) is 3.36. The SMILES string of the molecule is O=C(C(F)(F)F)C(C(=O)C(F)(F)F)(C(F)(F)F)C(F)(F)F. The van der Waals surface area contributed by atoms with Crippen molar-refractivity contribution in [2.75, 3.05) is 0 Å². The molecule has 2 nitrogen and oxygen atoms in total. The van der Waals surface area contributed by atoms with E-state index in [1.54, 1.807) is 0 Å². The number of carbonyl (C=O) groups excluding carboxylic acids is 2. The lowest BCUT2D eigenvalue weighted by Gasteiger charge is -2.34. The first-order chi connectivity index (χ1) is 8.81. The van der Waals surface area contributed by atoms with Crippen LogP contribution in [0, 0.1) is 5.41 Å². The van der Waals surface area contributed by atoms with Crippen LogP contribution < -0.4 is 0 Å². The Morgan fingerprint density at radius 2 is 0.667 bits per heavy atom. The normalized spacial score (nSPS) is 15.0. The summed E-state index contributed by atoms with van der Waals surface area (Å²) in [4.78, 5) is 20.8. The molecule has 0 amide bonds. The van der Waals surface area contributed by atoms with Crippen LogP contribution >= 0.6 is 0 Å². The number of alkyl halides is 12. The maximum Gasteiger partial charge on any atom is 0.451 e. The lowest BCUT2D eigenvalue weighted by atomic mass is 9.76. The summed E-state index contributed by atoms with van der Waals surface area (Å²) in [5, 5.41) is 0. The summed E-state index contributed by atoms with van der Waals surface area (Å²) >= 11 is 0. The topological polar surface area (TPSA) is 34.1 Å². The van der Waals surface area contributed by atoms with Gasteiger partial charge in [-0.3, -0.25) is 9.59 Å². The highest BCUT2D eigenvalue weighted by Crippen LogP contribution is 2.56. The highest BCUT2D eigenvalue weighted by molar-refractivity contribution is 6.13. The van der Waals surface area contributed by atoms with E-state index >= 15 is 0 Å². The Labute approximate surface area is 105 Å². The zero-order valence-electron chi connectivity index (χ0n) is 8.85. The van der Waals surface area contributed by atoms with Crippen LogP contribution in [-0.2, 0) is 9.59 Å². The molecule has 14 heteroatoms. The molecule has 124 valence electrons. The monoisotopic (exact) mass is 344 g/mol. The van der Waals surface area contributed by atoms with Gasteiger partial charge in [-0.25, -0.2) is 0 Å².